The van der Waals surface area contributed by atoms with Crippen molar-refractivity contribution in [1.29, 1.82) is 0 Å². The molecule has 6 rings (SSSR count). The molecule has 2 aliphatic carbocycles. The number of aromatic nitrogens is 1. The maximum absolute atomic E-state index is 13.6. The summed E-state index contributed by atoms with van der Waals surface area (Å²) < 4.78 is 58.2. The van der Waals surface area contributed by atoms with E-state index >= 15 is 0 Å². The third kappa shape index (κ3) is 3.72. The van der Waals surface area contributed by atoms with Gasteiger partial charge in [0.15, 0.2) is 0 Å². The number of hydrogen-bond acceptors (Lipinski definition) is 6. The van der Waals surface area contributed by atoms with Gasteiger partial charge in [0.1, 0.15) is 11.4 Å². The van der Waals surface area contributed by atoms with Gasteiger partial charge in [-0.2, -0.15) is 13.2 Å². The van der Waals surface area contributed by atoms with Gasteiger partial charge in [0.25, 0.3) is 0 Å². The first kappa shape index (κ1) is 25.1. The molecule has 1 saturated heterocycles. The fraction of sp³-hybridized carbons (Fsp3) is 0.607. The number of alkyl halides is 3. The van der Waals surface area contributed by atoms with Gasteiger partial charge in [0.05, 0.1) is 24.5 Å². The van der Waals surface area contributed by atoms with Crippen LogP contribution in [0, 0.1) is 5.41 Å². The zero-order valence-electron chi connectivity index (χ0n) is 21.2. The third-order valence-electron chi connectivity index (χ3n) is 8.68. The summed E-state index contributed by atoms with van der Waals surface area (Å²) in [6.07, 6.45) is -0.942. The molecule has 37 heavy (non-hydrogen) atoms. The summed E-state index contributed by atoms with van der Waals surface area (Å²) in [4.78, 5) is 5.03. The monoisotopic (exact) mass is 519 g/mol. The highest BCUT2D eigenvalue weighted by Gasteiger charge is 2.60. The van der Waals surface area contributed by atoms with E-state index in [2.05, 4.69) is 0 Å². The van der Waals surface area contributed by atoms with Crippen LogP contribution in [0.4, 0.5) is 13.2 Å². The van der Waals surface area contributed by atoms with Crippen LogP contribution < -0.4 is 4.74 Å². The van der Waals surface area contributed by atoms with Crippen LogP contribution in [0.15, 0.2) is 18.2 Å². The predicted molar refractivity (Wildman–Crippen MR) is 127 cm³/mol. The Kier molecular flexibility index (Phi) is 5.53. The van der Waals surface area contributed by atoms with Gasteiger partial charge in [-0.25, -0.2) is 0 Å². The van der Waals surface area contributed by atoms with Crippen molar-refractivity contribution in [3.63, 3.8) is 0 Å². The Morgan fingerprint density at radius 1 is 1.11 bits per heavy atom. The molecule has 0 amide bonds. The largest absolute Gasteiger partial charge is 0.496 e. The molecule has 0 bridgehead atoms. The molecule has 1 aromatic carbocycles. The maximum atomic E-state index is 13.6. The number of aliphatic hydroxyl groups excluding tert-OH is 1. The Hall–Kier alpha value is -2.20. The van der Waals surface area contributed by atoms with E-state index in [0.717, 1.165) is 36.6 Å². The molecule has 2 N–H and O–H groups in total. The Morgan fingerprint density at radius 2 is 1.81 bits per heavy atom. The Labute approximate surface area is 213 Å². The van der Waals surface area contributed by atoms with Crippen LogP contribution in [0.25, 0.3) is 0 Å². The van der Waals surface area contributed by atoms with Gasteiger partial charge in [-0.1, -0.05) is 19.9 Å². The van der Waals surface area contributed by atoms with Crippen LogP contribution in [0.1, 0.15) is 97.2 Å². The van der Waals surface area contributed by atoms with Gasteiger partial charge in [0.2, 0.25) is 5.79 Å². The summed E-state index contributed by atoms with van der Waals surface area (Å²) in [6.45, 7) is 4.76. The van der Waals surface area contributed by atoms with E-state index < -0.39 is 35.0 Å². The van der Waals surface area contributed by atoms with E-state index in [1.165, 1.54) is 19.2 Å². The SMILES string of the molecule is COc1cc(C2(O)OC3(CCOCC3)c3c4c(nc(C(C)C)c32)CC2(CC2)CC4O)ccc1C(F)(F)F. The van der Waals surface area contributed by atoms with E-state index in [9.17, 15) is 23.4 Å². The van der Waals surface area contributed by atoms with Crippen molar-refractivity contribution in [3.05, 3.63) is 57.4 Å². The van der Waals surface area contributed by atoms with Crippen molar-refractivity contribution in [2.45, 2.75) is 82.0 Å². The lowest BCUT2D eigenvalue weighted by Crippen LogP contribution is -2.38. The van der Waals surface area contributed by atoms with Crippen LogP contribution in [0.2, 0.25) is 0 Å². The van der Waals surface area contributed by atoms with Gasteiger partial charge in [0, 0.05) is 54.0 Å². The molecule has 9 heteroatoms. The summed E-state index contributed by atoms with van der Waals surface area (Å²) in [5, 5.41) is 23.8. The van der Waals surface area contributed by atoms with Crippen molar-refractivity contribution in [3.8, 4) is 5.75 Å². The fourth-order valence-electron chi connectivity index (χ4n) is 6.67. The lowest BCUT2D eigenvalue weighted by Gasteiger charge is -2.38. The van der Waals surface area contributed by atoms with Crippen molar-refractivity contribution < 1.29 is 37.6 Å². The predicted octanol–water partition coefficient (Wildman–Crippen LogP) is 5.22. The van der Waals surface area contributed by atoms with Crippen LogP contribution in [-0.4, -0.2) is 35.5 Å². The smallest absolute Gasteiger partial charge is 0.419 e. The summed E-state index contributed by atoms with van der Waals surface area (Å²) >= 11 is 0. The highest BCUT2D eigenvalue weighted by Crippen LogP contribution is 2.63. The van der Waals surface area contributed by atoms with Crippen molar-refractivity contribution in [2.75, 3.05) is 20.3 Å². The third-order valence-corrected chi connectivity index (χ3v) is 8.68. The minimum absolute atomic E-state index is 0.0846. The zero-order chi connectivity index (χ0) is 26.4. The summed E-state index contributed by atoms with van der Waals surface area (Å²) in [5.74, 6) is -2.57. The molecule has 3 heterocycles. The maximum Gasteiger partial charge on any atom is 0.419 e. The van der Waals surface area contributed by atoms with E-state index in [1.54, 1.807) is 0 Å². The minimum atomic E-state index is -4.62. The van der Waals surface area contributed by atoms with Gasteiger partial charge >= 0.3 is 6.18 Å². The number of halogens is 3. The number of pyridine rings is 1. The molecule has 1 saturated carbocycles. The highest BCUT2D eigenvalue weighted by molar-refractivity contribution is 5.57. The summed E-state index contributed by atoms with van der Waals surface area (Å²) in [6, 6.07) is 3.35. The summed E-state index contributed by atoms with van der Waals surface area (Å²) in [5.41, 5.74) is 1.73. The molecule has 2 unspecified atom stereocenters. The molecule has 200 valence electrons. The van der Waals surface area contributed by atoms with E-state index in [-0.39, 0.29) is 16.9 Å². The minimum Gasteiger partial charge on any atom is -0.496 e. The molecule has 1 aromatic heterocycles. The average Bonchev–Trinajstić information content (AvgIpc) is 3.53. The molecule has 4 aliphatic rings. The number of aliphatic hydroxyl groups is 2. The molecule has 2 spiro atoms. The van der Waals surface area contributed by atoms with Crippen LogP contribution in [0.5, 0.6) is 5.75 Å². The first-order valence-corrected chi connectivity index (χ1v) is 12.9. The quantitative estimate of drug-likeness (QED) is 0.579. The molecular formula is C28H32F3NO5. The van der Waals surface area contributed by atoms with Crippen LogP contribution in [-0.2, 0) is 33.5 Å². The summed E-state index contributed by atoms with van der Waals surface area (Å²) in [7, 11) is 1.17. The second kappa shape index (κ2) is 8.15. The zero-order valence-corrected chi connectivity index (χ0v) is 21.2. The molecule has 2 aliphatic heterocycles. The topological polar surface area (TPSA) is 81.0 Å². The fourth-order valence-corrected chi connectivity index (χ4v) is 6.67. The molecule has 0 radical (unpaired) electrons. The molecule has 2 aromatic rings. The number of rotatable bonds is 3. The Bertz CT molecular complexity index is 1250. The number of methoxy groups -OCH3 is 1. The van der Waals surface area contributed by atoms with Gasteiger partial charge in [-0.05, 0) is 49.1 Å². The van der Waals surface area contributed by atoms with E-state index in [4.69, 9.17) is 19.2 Å². The van der Waals surface area contributed by atoms with Gasteiger partial charge < -0.3 is 24.4 Å². The van der Waals surface area contributed by atoms with E-state index in [0.29, 0.717) is 49.3 Å². The number of ether oxygens (including phenoxy) is 3. The second-order valence-corrected chi connectivity index (χ2v) is 11.4. The molecule has 6 nitrogen and oxygen atoms in total. The van der Waals surface area contributed by atoms with Gasteiger partial charge in [-0.15, -0.1) is 0 Å². The first-order valence-electron chi connectivity index (χ1n) is 12.9. The van der Waals surface area contributed by atoms with Crippen LogP contribution in [0.3, 0.4) is 0 Å². The Balaban J connectivity index is 1.62. The number of fused-ring (bicyclic) bond motifs is 4. The number of hydrogen-bond donors (Lipinski definition) is 2. The molecule has 2 fully saturated rings. The standard InChI is InChI=1S/C28H32F3NO5/c1-15(2)24-23-22(21-18(32-24)13-25(6-7-25)14-19(21)33)26(8-10-36-11-9-26)37-27(23,34)16-4-5-17(28(29,30)31)20(12-16)35-3/h4-5,12,15,19,33-34H,6-11,13-14H2,1-3H3. The number of benzene rings is 1. The van der Waals surface area contributed by atoms with E-state index in [1.807, 2.05) is 13.8 Å². The lowest BCUT2D eigenvalue weighted by atomic mass is 9.73. The molecular weight excluding hydrogens is 487 g/mol. The molecule has 2 atom stereocenters. The van der Waals surface area contributed by atoms with Crippen molar-refractivity contribution in [1.82, 2.24) is 4.98 Å². The van der Waals surface area contributed by atoms with Crippen molar-refractivity contribution in [2.24, 2.45) is 5.41 Å². The van der Waals surface area contributed by atoms with Crippen molar-refractivity contribution >= 4 is 0 Å². The Morgan fingerprint density at radius 3 is 2.41 bits per heavy atom. The first-order chi connectivity index (χ1) is 17.4. The number of nitrogens with zero attached hydrogens (tertiary/aromatic N) is 1. The second-order valence-electron chi connectivity index (χ2n) is 11.4. The normalized spacial score (nSPS) is 27.4. The average molecular weight is 520 g/mol. The highest BCUT2D eigenvalue weighted by atomic mass is 19.4. The van der Waals surface area contributed by atoms with Gasteiger partial charge in [-0.3, -0.25) is 4.98 Å². The van der Waals surface area contributed by atoms with Crippen LogP contribution >= 0.6 is 0 Å². The lowest BCUT2D eigenvalue weighted by molar-refractivity contribution is -0.251.